The second-order valence-electron chi connectivity index (χ2n) is 7.51. The minimum atomic E-state index is -2.05. The lowest BCUT2D eigenvalue weighted by Crippen LogP contribution is -2.27. The van der Waals surface area contributed by atoms with Crippen LogP contribution in [0.5, 0.6) is 0 Å². The van der Waals surface area contributed by atoms with Crippen molar-refractivity contribution < 1.29 is 40.3 Å². The lowest BCUT2D eigenvalue weighted by Gasteiger charge is -2.18. The average molecular weight is 511 g/mol. The van der Waals surface area contributed by atoms with E-state index < -0.39 is 64.3 Å². The van der Waals surface area contributed by atoms with Crippen molar-refractivity contribution in [2.45, 2.75) is 20.3 Å². The van der Waals surface area contributed by atoms with Gasteiger partial charge in [-0.1, -0.05) is 0 Å². The highest BCUT2D eigenvalue weighted by atomic mass is 19.2. The molecule has 3 aromatic rings. The first-order valence-electron chi connectivity index (χ1n) is 10.1. The number of amidine groups is 1. The molecule has 5 nitrogen and oxygen atoms in total. The number of amides is 2. The van der Waals surface area contributed by atoms with E-state index in [1.165, 1.54) is 31.2 Å². The molecule has 0 atom stereocenters. The van der Waals surface area contributed by atoms with Gasteiger partial charge in [-0.2, -0.15) is 0 Å². The summed E-state index contributed by atoms with van der Waals surface area (Å²) in [6.07, 6.45) is -0.175. The van der Waals surface area contributed by atoms with Crippen LogP contribution in [0.4, 0.5) is 47.8 Å². The number of nitrogens with zero attached hydrogens (tertiary/aromatic N) is 2. The van der Waals surface area contributed by atoms with Crippen molar-refractivity contribution in [3.63, 3.8) is 0 Å². The number of halogens is 7. The van der Waals surface area contributed by atoms with E-state index in [-0.39, 0.29) is 29.2 Å². The molecule has 188 valence electrons. The molecule has 1 N–H and O–H groups in total. The van der Waals surface area contributed by atoms with E-state index in [9.17, 15) is 40.3 Å². The summed E-state index contributed by atoms with van der Waals surface area (Å²) in [5, 5.41) is 2.45. The van der Waals surface area contributed by atoms with Crippen LogP contribution in [0.2, 0.25) is 0 Å². The first-order valence-corrected chi connectivity index (χ1v) is 10.1. The third-order valence-electron chi connectivity index (χ3n) is 5.04. The van der Waals surface area contributed by atoms with Gasteiger partial charge in [0.05, 0.1) is 6.42 Å². The van der Waals surface area contributed by atoms with Crippen molar-refractivity contribution in [1.82, 2.24) is 0 Å². The molecule has 0 saturated heterocycles. The summed E-state index contributed by atoms with van der Waals surface area (Å²) in [6.45, 7) is 2.23. The SMILES string of the molecule is CC(=Nc1c(C)c(F)c(F)c(F)c1F)N(C=O)c1ccc(NC(=O)Cc2cc(F)c(F)c(F)c2)cc1. The van der Waals surface area contributed by atoms with Crippen molar-refractivity contribution in [2.75, 3.05) is 10.2 Å². The lowest BCUT2D eigenvalue weighted by atomic mass is 10.1. The maximum Gasteiger partial charge on any atom is 0.228 e. The van der Waals surface area contributed by atoms with Gasteiger partial charge in [-0.3, -0.25) is 14.5 Å². The summed E-state index contributed by atoms with van der Waals surface area (Å²) in [5.74, 6) is -12.8. The molecule has 2 amide bonds. The van der Waals surface area contributed by atoms with E-state index in [0.29, 0.717) is 12.1 Å². The quantitative estimate of drug-likeness (QED) is 0.113. The molecule has 0 fully saturated rings. The van der Waals surface area contributed by atoms with Crippen LogP contribution in [-0.4, -0.2) is 18.2 Å². The third kappa shape index (κ3) is 5.37. The van der Waals surface area contributed by atoms with Crippen LogP contribution in [0.3, 0.4) is 0 Å². The molecule has 0 aliphatic heterocycles. The highest BCUT2D eigenvalue weighted by Crippen LogP contribution is 2.31. The van der Waals surface area contributed by atoms with Crippen molar-refractivity contribution in [2.24, 2.45) is 4.99 Å². The molecule has 0 saturated carbocycles. The van der Waals surface area contributed by atoms with E-state index in [4.69, 9.17) is 0 Å². The topological polar surface area (TPSA) is 61.8 Å². The normalized spacial score (nSPS) is 11.4. The summed E-state index contributed by atoms with van der Waals surface area (Å²) in [6, 6.07) is 6.77. The second-order valence-corrected chi connectivity index (χ2v) is 7.51. The summed E-state index contributed by atoms with van der Waals surface area (Å²) in [7, 11) is 0. The van der Waals surface area contributed by atoms with E-state index in [1.807, 2.05) is 0 Å². The molecule has 3 rings (SSSR count). The van der Waals surface area contributed by atoms with E-state index in [0.717, 1.165) is 11.8 Å². The molecule has 0 aliphatic rings. The van der Waals surface area contributed by atoms with Crippen molar-refractivity contribution in [3.05, 3.63) is 88.2 Å². The highest BCUT2D eigenvalue weighted by Gasteiger charge is 2.23. The maximum atomic E-state index is 14.1. The first kappa shape index (κ1) is 26.4. The Bertz CT molecular complexity index is 1320. The number of aliphatic imine (C=N–C) groups is 1. The van der Waals surface area contributed by atoms with Gasteiger partial charge in [0, 0.05) is 16.9 Å². The van der Waals surface area contributed by atoms with Crippen molar-refractivity contribution in [1.29, 1.82) is 0 Å². The number of nitrogens with one attached hydrogen (secondary N) is 1. The number of hydrogen-bond acceptors (Lipinski definition) is 3. The van der Waals surface area contributed by atoms with Gasteiger partial charge in [-0.15, -0.1) is 0 Å². The molecule has 0 aromatic heterocycles. The fraction of sp³-hybridized carbons (Fsp3) is 0.125. The summed E-state index contributed by atoms with van der Waals surface area (Å²) >= 11 is 0. The second kappa shape index (κ2) is 10.6. The van der Waals surface area contributed by atoms with Crippen LogP contribution in [0.1, 0.15) is 18.1 Å². The third-order valence-corrected chi connectivity index (χ3v) is 5.04. The van der Waals surface area contributed by atoms with Crippen LogP contribution in [0.25, 0.3) is 0 Å². The lowest BCUT2D eigenvalue weighted by molar-refractivity contribution is -0.115. The largest absolute Gasteiger partial charge is 0.326 e. The van der Waals surface area contributed by atoms with Crippen molar-refractivity contribution in [3.8, 4) is 0 Å². The maximum absolute atomic E-state index is 14.1. The Morgan fingerprint density at radius 1 is 0.889 bits per heavy atom. The number of rotatable bonds is 6. The van der Waals surface area contributed by atoms with Gasteiger partial charge >= 0.3 is 0 Å². The van der Waals surface area contributed by atoms with Gasteiger partial charge < -0.3 is 5.32 Å². The van der Waals surface area contributed by atoms with Crippen LogP contribution in [0, 0.1) is 47.6 Å². The first-order chi connectivity index (χ1) is 16.9. The Labute approximate surface area is 199 Å². The van der Waals surface area contributed by atoms with Crippen LogP contribution < -0.4 is 10.2 Å². The Morgan fingerprint density at radius 3 is 2.00 bits per heavy atom. The zero-order valence-corrected chi connectivity index (χ0v) is 18.6. The summed E-state index contributed by atoms with van der Waals surface area (Å²) in [5.41, 5.74) is -1.15. The highest BCUT2D eigenvalue weighted by molar-refractivity contribution is 6.09. The van der Waals surface area contributed by atoms with Gasteiger partial charge in [0.25, 0.3) is 0 Å². The van der Waals surface area contributed by atoms with E-state index in [1.54, 1.807) is 0 Å². The fourth-order valence-electron chi connectivity index (χ4n) is 3.21. The molecule has 36 heavy (non-hydrogen) atoms. The van der Waals surface area contributed by atoms with Crippen LogP contribution in [-0.2, 0) is 16.0 Å². The monoisotopic (exact) mass is 511 g/mol. The average Bonchev–Trinajstić information content (AvgIpc) is 2.84. The molecule has 0 bridgehead atoms. The summed E-state index contributed by atoms with van der Waals surface area (Å²) in [4.78, 5) is 28.4. The Morgan fingerprint density at radius 2 is 1.44 bits per heavy atom. The van der Waals surface area contributed by atoms with E-state index >= 15 is 0 Å². The number of hydrogen-bond donors (Lipinski definition) is 1. The molecule has 0 aliphatic carbocycles. The molecule has 12 heteroatoms. The fourth-order valence-corrected chi connectivity index (χ4v) is 3.21. The molecule has 3 aromatic carbocycles. The number of carbonyl (C=O) groups excluding carboxylic acids is 2. The predicted molar refractivity (Wildman–Crippen MR) is 117 cm³/mol. The number of benzene rings is 3. The van der Waals surface area contributed by atoms with Crippen LogP contribution in [0.15, 0.2) is 41.4 Å². The molecular formula is C24H16F7N3O2. The minimum Gasteiger partial charge on any atom is -0.326 e. The Kier molecular flexibility index (Phi) is 7.76. The molecule has 0 radical (unpaired) electrons. The smallest absolute Gasteiger partial charge is 0.228 e. The number of carbonyl (C=O) groups is 2. The van der Waals surface area contributed by atoms with E-state index in [2.05, 4.69) is 10.3 Å². The molecule has 0 unspecified atom stereocenters. The Balaban J connectivity index is 1.78. The Hall–Kier alpha value is -4.22. The minimum absolute atomic E-state index is 0.101. The predicted octanol–water partition coefficient (Wildman–Crippen LogP) is 5.86. The molecule has 0 spiro atoms. The van der Waals surface area contributed by atoms with Crippen LogP contribution >= 0.6 is 0 Å². The molecular weight excluding hydrogens is 495 g/mol. The van der Waals surface area contributed by atoms with Gasteiger partial charge in [0.1, 0.15) is 11.5 Å². The van der Waals surface area contributed by atoms with Gasteiger partial charge in [0.2, 0.25) is 12.3 Å². The molecule has 0 heterocycles. The summed E-state index contributed by atoms with van der Waals surface area (Å²) < 4.78 is 94.6. The standard InChI is InChI=1S/C24H16F7N3O2/c1-11-19(27)21(29)22(30)23(31)24(11)32-12(2)34(10-35)15-5-3-14(4-6-15)33-18(36)9-13-7-16(25)20(28)17(26)8-13/h3-8,10H,9H2,1-2H3,(H,33,36). The van der Waals surface area contributed by atoms with Crippen molar-refractivity contribution >= 4 is 35.2 Å². The van der Waals surface area contributed by atoms with Gasteiger partial charge in [-0.25, -0.2) is 35.7 Å². The zero-order valence-electron chi connectivity index (χ0n) is 18.6. The van der Waals surface area contributed by atoms with Gasteiger partial charge in [0.15, 0.2) is 40.7 Å². The van der Waals surface area contributed by atoms with Gasteiger partial charge in [-0.05, 0) is 55.8 Å². The zero-order chi connectivity index (χ0) is 26.7. The number of anilines is 2.